The number of aromatic nitrogens is 4. The van der Waals surface area contributed by atoms with Crippen LogP contribution in [0.4, 0.5) is 0 Å². The number of nitrogens with zero attached hydrogens (tertiary/aromatic N) is 5. The van der Waals surface area contributed by atoms with Crippen molar-refractivity contribution in [2.24, 2.45) is 0 Å². The number of carbonyl (C=O) groups excluding carboxylic acids is 2. The van der Waals surface area contributed by atoms with E-state index >= 15 is 0 Å². The van der Waals surface area contributed by atoms with E-state index in [2.05, 4.69) is 20.7 Å². The van der Waals surface area contributed by atoms with Crippen LogP contribution in [0.1, 0.15) is 48.6 Å². The summed E-state index contributed by atoms with van der Waals surface area (Å²) in [5, 5.41) is 19.7. The van der Waals surface area contributed by atoms with Gasteiger partial charge in [0.15, 0.2) is 0 Å². The lowest BCUT2D eigenvalue weighted by atomic mass is 9.95. The van der Waals surface area contributed by atoms with Crippen molar-refractivity contribution >= 4 is 34.5 Å². The maximum absolute atomic E-state index is 13.9. The summed E-state index contributed by atoms with van der Waals surface area (Å²) in [6.45, 7) is 0.114. The Labute approximate surface area is 229 Å². The van der Waals surface area contributed by atoms with Gasteiger partial charge in [-0.3, -0.25) is 9.59 Å². The van der Waals surface area contributed by atoms with E-state index in [-0.39, 0.29) is 30.9 Å². The van der Waals surface area contributed by atoms with E-state index in [1.807, 2.05) is 59.3 Å². The summed E-state index contributed by atoms with van der Waals surface area (Å²) >= 11 is 2.98. The summed E-state index contributed by atoms with van der Waals surface area (Å²) in [6.07, 6.45) is 5.33. The van der Waals surface area contributed by atoms with Gasteiger partial charge < -0.3 is 15.0 Å². The summed E-state index contributed by atoms with van der Waals surface area (Å²) in [5.74, 6) is 0.768. The zero-order valence-electron chi connectivity index (χ0n) is 21.2. The predicted octanol–water partition coefficient (Wildman–Crippen LogP) is 4.69. The Hall–Kier alpha value is -3.57. The van der Waals surface area contributed by atoms with Gasteiger partial charge in [-0.25, -0.2) is 0 Å². The molecule has 1 atom stereocenters. The van der Waals surface area contributed by atoms with E-state index in [4.69, 9.17) is 4.74 Å². The van der Waals surface area contributed by atoms with Crippen LogP contribution in [0.3, 0.4) is 0 Å². The van der Waals surface area contributed by atoms with Crippen LogP contribution in [0.25, 0.3) is 10.7 Å². The van der Waals surface area contributed by atoms with Crippen LogP contribution in [-0.2, 0) is 22.7 Å². The van der Waals surface area contributed by atoms with Gasteiger partial charge in [-0.2, -0.15) is 4.80 Å². The zero-order valence-corrected chi connectivity index (χ0v) is 22.8. The lowest BCUT2D eigenvalue weighted by molar-refractivity contribution is -0.142. The minimum absolute atomic E-state index is 0.127. The van der Waals surface area contributed by atoms with Crippen LogP contribution < -0.4 is 10.1 Å². The van der Waals surface area contributed by atoms with Crippen LogP contribution in [-0.4, -0.2) is 50.1 Å². The van der Waals surface area contributed by atoms with Crippen LogP contribution in [0.2, 0.25) is 0 Å². The largest absolute Gasteiger partial charge is 0.497 e. The third kappa shape index (κ3) is 6.28. The number of methoxy groups -OCH3 is 1. The van der Waals surface area contributed by atoms with Crippen LogP contribution >= 0.6 is 22.7 Å². The van der Waals surface area contributed by atoms with Gasteiger partial charge in [0.25, 0.3) is 0 Å². The maximum Gasteiger partial charge on any atom is 0.248 e. The Morgan fingerprint density at radius 1 is 1.08 bits per heavy atom. The summed E-state index contributed by atoms with van der Waals surface area (Å²) < 4.78 is 5.29. The highest BCUT2D eigenvalue weighted by Gasteiger charge is 2.34. The molecule has 9 nitrogen and oxygen atoms in total. The molecule has 1 aromatic carbocycles. The molecule has 4 aromatic rings. The lowest BCUT2D eigenvalue weighted by Gasteiger charge is -2.32. The number of benzene rings is 1. The van der Waals surface area contributed by atoms with E-state index in [1.165, 1.54) is 33.9 Å². The molecule has 5 rings (SSSR count). The van der Waals surface area contributed by atoms with Crippen LogP contribution in [0, 0.1) is 0 Å². The minimum Gasteiger partial charge on any atom is -0.497 e. The Bertz CT molecular complexity index is 1320. The van der Waals surface area contributed by atoms with Gasteiger partial charge in [-0.15, -0.1) is 32.9 Å². The minimum atomic E-state index is -0.771. The van der Waals surface area contributed by atoms with Gasteiger partial charge in [0.1, 0.15) is 18.3 Å². The lowest BCUT2D eigenvalue weighted by Crippen LogP contribution is -2.47. The highest BCUT2D eigenvalue weighted by Crippen LogP contribution is 2.29. The SMILES string of the molecule is COc1ccc(CN(C(=O)Cn2nnc(-c3cccs3)n2)[C@H](C(=O)NC2CCCCC2)c2cccs2)cc1. The van der Waals surface area contributed by atoms with Crippen molar-refractivity contribution in [3.05, 3.63) is 69.7 Å². The van der Waals surface area contributed by atoms with Gasteiger partial charge in [-0.05, 0) is 58.6 Å². The van der Waals surface area contributed by atoms with Gasteiger partial charge in [-0.1, -0.05) is 43.5 Å². The molecule has 38 heavy (non-hydrogen) atoms. The Balaban J connectivity index is 1.43. The van der Waals surface area contributed by atoms with E-state index < -0.39 is 6.04 Å². The summed E-state index contributed by atoms with van der Waals surface area (Å²) in [5.41, 5.74) is 0.886. The molecule has 1 fully saturated rings. The molecule has 0 bridgehead atoms. The average molecular weight is 551 g/mol. The van der Waals surface area contributed by atoms with E-state index in [0.717, 1.165) is 46.8 Å². The number of carbonyl (C=O) groups is 2. The number of rotatable bonds is 10. The monoisotopic (exact) mass is 550 g/mol. The fraction of sp³-hybridized carbons (Fsp3) is 0.370. The molecule has 0 spiro atoms. The number of hydrogen-bond donors (Lipinski definition) is 1. The van der Waals surface area contributed by atoms with Gasteiger partial charge in [0.05, 0.1) is 12.0 Å². The first-order valence-corrected chi connectivity index (χ1v) is 14.4. The second-order valence-corrected chi connectivity index (χ2v) is 11.2. The summed E-state index contributed by atoms with van der Waals surface area (Å²) in [7, 11) is 1.61. The number of thiophene rings is 2. The number of tetrazole rings is 1. The van der Waals surface area contributed by atoms with Crippen molar-refractivity contribution in [3.63, 3.8) is 0 Å². The van der Waals surface area contributed by atoms with Gasteiger partial charge in [0, 0.05) is 17.5 Å². The molecule has 3 aromatic heterocycles. The molecule has 11 heteroatoms. The second-order valence-electron chi connectivity index (χ2n) is 9.25. The molecule has 1 aliphatic rings. The first kappa shape index (κ1) is 26.1. The zero-order chi connectivity index (χ0) is 26.3. The fourth-order valence-electron chi connectivity index (χ4n) is 4.68. The quantitative estimate of drug-likeness (QED) is 0.307. The second kappa shape index (κ2) is 12.3. The Morgan fingerprint density at radius 3 is 2.53 bits per heavy atom. The first-order valence-electron chi connectivity index (χ1n) is 12.7. The van der Waals surface area contributed by atoms with E-state index in [0.29, 0.717) is 5.82 Å². The molecule has 1 saturated carbocycles. The molecule has 1 N–H and O–H groups in total. The van der Waals surface area contributed by atoms with Gasteiger partial charge >= 0.3 is 0 Å². The molecule has 1 aliphatic carbocycles. The average Bonchev–Trinajstić information content (AvgIpc) is 3.73. The molecule has 198 valence electrons. The number of nitrogens with one attached hydrogen (secondary N) is 1. The Morgan fingerprint density at radius 2 is 1.84 bits per heavy atom. The van der Waals surface area contributed by atoms with Crippen molar-refractivity contribution in [1.82, 2.24) is 30.4 Å². The van der Waals surface area contributed by atoms with E-state index in [9.17, 15) is 9.59 Å². The molecule has 0 unspecified atom stereocenters. The standard InChI is InChI=1S/C27H30N6O3S2/c1-36-21-13-11-19(12-14-21)17-32(24(34)18-33-30-26(29-31-33)23-10-6-16-38-23)25(22-9-5-15-37-22)27(35)28-20-7-3-2-4-8-20/h5-6,9-16,20,25H,2-4,7-8,17-18H2,1H3,(H,28,35)/t25-/m0/s1. The van der Waals surface area contributed by atoms with Gasteiger partial charge in [0.2, 0.25) is 17.6 Å². The molecular weight excluding hydrogens is 520 g/mol. The third-order valence-corrected chi connectivity index (χ3v) is 8.42. The van der Waals surface area contributed by atoms with Crippen LogP contribution in [0.15, 0.2) is 59.3 Å². The molecule has 3 heterocycles. The molecule has 0 aliphatic heterocycles. The molecular formula is C27H30N6O3S2. The molecule has 0 radical (unpaired) electrons. The first-order chi connectivity index (χ1) is 18.6. The smallest absolute Gasteiger partial charge is 0.248 e. The Kier molecular flexibility index (Phi) is 8.44. The van der Waals surface area contributed by atoms with E-state index in [1.54, 1.807) is 12.0 Å². The number of ether oxygens (including phenoxy) is 1. The number of hydrogen-bond acceptors (Lipinski definition) is 8. The summed E-state index contributed by atoms with van der Waals surface area (Å²) in [4.78, 5) is 32.3. The molecule has 0 saturated heterocycles. The van der Waals surface area contributed by atoms with Crippen molar-refractivity contribution < 1.29 is 14.3 Å². The highest BCUT2D eigenvalue weighted by atomic mass is 32.1. The normalized spacial score (nSPS) is 14.7. The predicted molar refractivity (Wildman–Crippen MR) is 147 cm³/mol. The van der Waals surface area contributed by atoms with Crippen molar-refractivity contribution in [1.29, 1.82) is 0 Å². The topological polar surface area (TPSA) is 102 Å². The molecule has 2 amide bonds. The summed E-state index contributed by atoms with van der Waals surface area (Å²) in [6, 6.07) is 14.5. The van der Waals surface area contributed by atoms with Crippen LogP contribution in [0.5, 0.6) is 5.75 Å². The fourth-order valence-corrected chi connectivity index (χ4v) is 6.16. The maximum atomic E-state index is 13.9. The third-order valence-electron chi connectivity index (χ3n) is 6.63. The van der Waals surface area contributed by atoms with Crippen molar-refractivity contribution in [2.45, 2.75) is 57.3 Å². The highest BCUT2D eigenvalue weighted by molar-refractivity contribution is 7.13. The van der Waals surface area contributed by atoms with Crippen molar-refractivity contribution in [3.8, 4) is 16.5 Å². The van der Waals surface area contributed by atoms with Crippen molar-refractivity contribution in [2.75, 3.05) is 7.11 Å². The number of amides is 2.